The largest absolute Gasteiger partial charge is 0.388 e. The van der Waals surface area contributed by atoms with E-state index in [9.17, 15) is 33.4 Å². The second-order valence-electron chi connectivity index (χ2n) is 6.76. The fraction of sp³-hybridized carbons (Fsp3) is 0.389. The molecule has 4 N–H and O–H groups in total. The highest BCUT2D eigenvalue weighted by atomic mass is 19.2. The molecule has 0 unspecified atom stereocenters. The fourth-order valence-corrected chi connectivity index (χ4v) is 3.04. The molecule has 0 spiro atoms. The van der Waals surface area contributed by atoms with Gasteiger partial charge in [-0.3, -0.25) is 19.1 Å². The van der Waals surface area contributed by atoms with E-state index in [0.717, 1.165) is 22.8 Å². The Kier molecular flexibility index (Phi) is 5.91. The summed E-state index contributed by atoms with van der Waals surface area (Å²) in [6.07, 6.45) is -2.70. The molecule has 0 aliphatic carbocycles. The van der Waals surface area contributed by atoms with E-state index in [1.54, 1.807) is 0 Å². The molecule has 1 saturated heterocycles. The smallest absolute Gasteiger partial charge is 0.328 e. The lowest BCUT2D eigenvalue weighted by molar-refractivity contribution is -0.152. The van der Waals surface area contributed by atoms with Gasteiger partial charge in [0.25, 0.3) is 11.5 Å². The minimum absolute atomic E-state index is 0.159. The summed E-state index contributed by atoms with van der Waals surface area (Å²) >= 11 is 0. The maximum Gasteiger partial charge on any atom is 0.328 e. The minimum atomic E-state index is -1.49. The molecule has 1 aliphatic rings. The van der Waals surface area contributed by atoms with Crippen LogP contribution in [0.3, 0.4) is 0 Å². The first-order valence-corrected chi connectivity index (χ1v) is 8.72. The number of ether oxygens (including phenoxy) is 1. The number of aliphatic hydroxyl groups is 2. The number of hydrogen-bond acceptors (Lipinski definition) is 6. The van der Waals surface area contributed by atoms with E-state index < -0.39 is 58.7 Å². The number of nitrogens with one attached hydrogen (secondary N) is 2. The Morgan fingerprint density at radius 3 is 2.76 bits per heavy atom. The number of aliphatic hydroxyl groups excluding tert-OH is 2. The van der Waals surface area contributed by atoms with Crippen LogP contribution in [0.5, 0.6) is 0 Å². The van der Waals surface area contributed by atoms with Gasteiger partial charge in [0.15, 0.2) is 11.6 Å². The number of halogens is 2. The lowest BCUT2D eigenvalue weighted by atomic mass is 9.97. The van der Waals surface area contributed by atoms with Crippen molar-refractivity contribution >= 4 is 5.91 Å². The van der Waals surface area contributed by atoms with Gasteiger partial charge in [0.1, 0.15) is 18.3 Å². The van der Waals surface area contributed by atoms with Gasteiger partial charge in [-0.05, 0) is 19.1 Å². The van der Waals surface area contributed by atoms with Gasteiger partial charge in [-0.1, -0.05) is 6.07 Å². The number of carbonyl (C=O) groups excluding carboxylic acids is 1. The van der Waals surface area contributed by atoms with Crippen molar-refractivity contribution in [2.24, 2.45) is 0 Å². The van der Waals surface area contributed by atoms with E-state index in [1.165, 1.54) is 13.1 Å². The van der Waals surface area contributed by atoms with Gasteiger partial charge in [-0.2, -0.15) is 0 Å². The normalized spacial score (nSPS) is 24.3. The van der Waals surface area contributed by atoms with Gasteiger partial charge in [0.2, 0.25) is 0 Å². The van der Waals surface area contributed by atoms with Crippen molar-refractivity contribution < 1.29 is 28.5 Å². The van der Waals surface area contributed by atoms with Crippen LogP contribution in [0.1, 0.15) is 15.9 Å². The molecule has 4 atom stereocenters. The van der Waals surface area contributed by atoms with Gasteiger partial charge in [0, 0.05) is 11.8 Å². The van der Waals surface area contributed by atoms with Crippen LogP contribution in [0.25, 0.3) is 0 Å². The molecule has 29 heavy (non-hydrogen) atoms. The van der Waals surface area contributed by atoms with E-state index in [4.69, 9.17) is 4.74 Å². The molecule has 0 radical (unpaired) electrons. The lowest BCUT2D eigenvalue weighted by Gasteiger charge is -2.38. The van der Waals surface area contributed by atoms with Crippen LogP contribution in [0.15, 0.2) is 34.0 Å². The Morgan fingerprint density at radius 2 is 2.03 bits per heavy atom. The van der Waals surface area contributed by atoms with Crippen molar-refractivity contribution in [3.63, 3.8) is 0 Å². The summed E-state index contributed by atoms with van der Waals surface area (Å²) in [4.78, 5) is 37.6. The molecule has 2 heterocycles. The lowest BCUT2D eigenvalue weighted by Crippen LogP contribution is -2.60. The number of amides is 1. The van der Waals surface area contributed by atoms with Crippen LogP contribution in [0, 0.1) is 18.6 Å². The molecule has 1 aromatic carbocycles. The van der Waals surface area contributed by atoms with Gasteiger partial charge in [0.05, 0.1) is 24.8 Å². The van der Waals surface area contributed by atoms with E-state index in [1.807, 2.05) is 0 Å². The zero-order valence-corrected chi connectivity index (χ0v) is 15.3. The molecule has 11 heteroatoms. The Balaban J connectivity index is 1.69. The van der Waals surface area contributed by atoms with E-state index in [2.05, 4.69) is 10.3 Å². The highest BCUT2D eigenvalue weighted by Crippen LogP contribution is 2.18. The number of H-pyrrole nitrogens is 1. The van der Waals surface area contributed by atoms with Crippen LogP contribution in [0.4, 0.5) is 8.78 Å². The van der Waals surface area contributed by atoms with Crippen molar-refractivity contribution in [2.75, 3.05) is 6.61 Å². The zero-order chi connectivity index (χ0) is 21.3. The van der Waals surface area contributed by atoms with E-state index in [0.29, 0.717) is 0 Å². The number of aryl methyl sites for hydroxylation is 1. The van der Waals surface area contributed by atoms with Crippen molar-refractivity contribution in [3.05, 3.63) is 68.0 Å². The molecule has 0 bridgehead atoms. The number of nitrogens with zero attached hydrogens (tertiary/aromatic N) is 1. The topological polar surface area (TPSA) is 134 Å². The third-order valence-electron chi connectivity index (χ3n) is 4.71. The molecule has 2 aromatic rings. The molecule has 1 aromatic heterocycles. The summed E-state index contributed by atoms with van der Waals surface area (Å²) in [6, 6.07) is 2.01. The summed E-state index contributed by atoms with van der Waals surface area (Å²) in [5.74, 6) is -3.50. The van der Waals surface area contributed by atoms with Crippen LogP contribution < -0.4 is 16.6 Å². The summed E-state index contributed by atoms with van der Waals surface area (Å²) in [7, 11) is 0. The third kappa shape index (κ3) is 4.26. The first-order valence-electron chi connectivity index (χ1n) is 8.72. The standard InChI is InChI=1S/C18H19F2N3O6/c1-8-5-23(18(28)22-16(8)26)6-12-15(25)14(24)11(7-29-12)21-17(27)9-3-2-4-10(19)13(9)20/h2-5,11-12,14-15,24-25H,6-7H2,1H3,(H,21,27)(H,22,26,28)/t11-,12-,14+,15-/m1/s1. The predicted molar refractivity (Wildman–Crippen MR) is 95.4 cm³/mol. The fourth-order valence-electron chi connectivity index (χ4n) is 3.04. The SMILES string of the molecule is Cc1cn(C[C@H]2OC[C@@H](NC(=O)c3cccc(F)c3F)[C@H](O)[C@@H]2O)c(=O)[nH]c1=O. The predicted octanol–water partition coefficient (Wildman–Crippen LogP) is -0.958. The van der Waals surface area contributed by atoms with Crippen molar-refractivity contribution in [3.8, 4) is 0 Å². The average molecular weight is 411 g/mol. The number of hydrogen-bond donors (Lipinski definition) is 4. The molecule has 1 aliphatic heterocycles. The quantitative estimate of drug-likeness (QED) is 0.512. The zero-order valence-electron chi connectivity index (χ0n) is 15.3. The van der Waals surface area contributed by atoms with Gasteiger partial charge in [-0.15, -0.1) is 0 Å². The number of rotatable bonds is 4. The third-order valence-corrected chi connectivity index (χ3v) is 4.71. The summed E-state index contributed by atoms with van der Waals surface area (Å²) in [5.41, 5.74) is -1.52. The highest BCUT2D eigenvalue weighted by Gasteiger charge is 2.39. The van der Waals surface area contributed by atoms with E-state index >= 15 is 0 Å². The molecule has 9 nitrogen and oxygen atoms in total. The molecule has 3 rings (SSSR count). The Hall–Kier alpha value is -2.89. The summed E-state index contributed by atoms with van der Waals surface area (Å²) in [5, 5.41) is 22.9. The van der Waals surface area contributed by atoms with Gasteiger partial charge in [-0.25, -0.2) is 13.6 Å². The van der Waals surface area contributed by atoms with Crippen molar-refractivity contribution in [2.45, 2.75) is 37.8 Å². The van der Waals surface area contributed by atoms with Crippen LogP contribution in [-0.2, 0) is 11.3 Å². The monoisotopic (exact) mass is 411 g/mol. The summed E-state index contributed by atoms with van der Waals surface area (Å²) in [6.45, 7) is 1.09. The van der Waals surface area contributed by atoms with Crippen LogP contribution >= 0.6 is 0 Å². The van der Waals surface area contributed by atoms with Crippen LogP contribution in [-0.4, -0.2) is 56.6 Å². The maximum absolute atomic E-state index is 13.7. The van der Waals surface area contributed by atoms with Gasteiger partial charge < -0.3 is 20.3 Å². The molecule has 156 valence electrons. The first-order chi connectivity index (χ1) is 13.7. The molecule has 1 amide bonds. The van der Waals surface area contributed by atoms with E-state index in [-0.39, 0.29) is 18.7 Å². The molecule has 0 saturated carbocycles. The Labute approximate surface area is 162 Å². The average Bonchev–Trinajstić information content (AvgIpc) is 2.67. The number of aromatic nitrogens is 2. The second-order valence-corrected chi connectivity index (χ2v) is 6.76. The van der Waals surface area contributed by atoms with Crippen molar-refractivity contribution in [1.82, 2.24) is 14.9 Å². The first kappa shape index (κ1) is 20.8. The Morgan fingerprint density at radius 1 is 1.31 bits per heavy atom. The molecule has 1 fully saturated rings. The molecular formula is C18H19F2N3O6. The number of carbonyl (C=O) groups is 1. The second kappa shape index (κ2) is 8.23. The van der Waals surface area contributed by atoms with Gasteiger partial charge >= 0.3 is 5.69 Å². The number of benzene rings is 1. The van der Waals surface area contributed by atoms with Crippen molar-refractivity contribution in [1.29, 1.82) is 0 Å². The summed E-state index contributed by atoms with van der Waals surface area (Å²) < 4.78 is 33.6. The maximum atomic E-state index is 13.7. The Bertz CT molecular complexity index is 1040. The highest BCUT2D eigenvalue weighted by molar-refractivity contribution is 5.94. The molecular weight excluding hydrogens is 392 g/mol. The van der Waals surface area contributed by atoms with Crippen LogP contribution in [0.2, 0.25) is 0 Å². The minimum Gasteiger partial charge on any atom is -0.388 e. The number of aromatic amines is 1.